The minimum atomic E-state index is -1.20. The zero-order valence-corrected chi connectivity index (χ0v) is 15.5. The molecule has 3 rings (SSSR count). The molecule has 0 saturated heterocycles. The van der Waals surface area contributed by atoms with Crippen molar-refractivity contribution in [3.05, 3.63) is 0 Å². The van der Waals surface area contributed by atoms with Crippen LogP contribution >= 0.6 is 0 Å². The predicted molar refractivity (Wildman–Crippen MR) is 98.1 cm³/mol. The minimum absolute atomic E-state index is 0.00582. The van der Waals surface area contributed by atoms with E-state index >= 15 is 0 Å². The molecule has 6 atom stereocenters. The molecule has 3 N–H and O–H groups in total. The van der Waals surface area contributed by atoms with Crippen LogP contribution in [0.4, 0.5) is 0 Å². The molecule has 3 aliphatic rings. The van der Waals surface area contributed by atoms with Gasteiger partial charge in [-0.25, -0.2) is 0 Å². The largest absolute Gasteiger partial charge is 0.481 e. The van der Waals surface area contributed by atoms with Gasteiger partial charge in [0.05, 0.1) is 5.92 Å². The number of hydrogen-bond acceptors (Lipinski definition) is 4. The average Bonchev–Trinajstić information content (AvgIpc) is 2.60. The Bertz CT molecular complexity index is 461. The van der Waals surface area contributed by atoms with E-state index in [2.05, 4.69) is 11.9 Å². The Morgan fingerprint density at radius 1 is 0.960 bits per heavy atom. The van der Waals surface area contributed by atoms with Crippen LogP contribution in [0.3, 0.4) is 0 Å². The van der Waals surface area contributed by atoms with E-state index in [1.165, 1.54) is 6.42 Å². The summed E-state index contributed by atoms with van der Waals surface area (Å²) in [5.41, 5.74) is 0. The summed E-state index contributed by atoms with van der Waals surface area (Å²) in [6, 6.07) is 0.458. The Kier molecular flexibility index (Phi) is 6.45. The monoisotopic (exact) mass is 351 g/mol. The minimum Gasteiger partial charge on any atom is -0.481 e. The summed E-state index contributed by atoms with van der Waals surface area (Å²) in [7, 11) is 0.969. The van der Waals surface area contributed by atoms with Crippen LogP contribution in [0.25, 0.3) is 0 Å². The maximum atomic E-state index is 11.7. The second kappa shape index (κ2) is 8.40. The van der Waals surface area contributed by atoms with Crippen LogP contribution in [0.2, 0.25) is 5.82 Å². The summed E-state index contributed by atoms with van der Waals surface area (Å²) in [6.07, 6.45) is 10.6. The van der Waals surface area contributed by atoms with E-state index in [4.69, 9.17) is 0 Å². The Morgan fingerprint density at radius 3 is 2.36 bits per heavy atom. The van der Waals surface area contributed by atoms with Gasteiger partial charge in [0.2, 0.25) is 0 Å². The lowest BCUT2D eigenvalue weighted by Gasteiger charge is -2.48. The summed E-state index contributed by atoms with van der Waals surface area (Å²) in [5, 5.41) is 29.0. The van der Waals surface area contributed by atoms with E-state index < -0.39 is 13.1 Å². The van der Waals surface area contributed by atoms with Crippen LogP contribution in [-0.4, -0.2) is 52.8 Å². The zero-order valence-electron chi connectivity index (χ0n) is 15.5. The quantitative estimate of drug-likeness (QED) is 0.664. The molecule has 0 amide bonds. The maximum Gasteiger partial charge on any atom is 0.455 e. The standard InChI is InChI=1S/C19H34BNO4/c1-21(12-13-6-2-3-10-17(13)20(24)25)18-11-5-7-14-15(18)8-4-9-16(14)19(22)23/h13-18,24-25H,2-12H2,1H3,(H,22,23). The summed E-state index contributed by atoms with van der Waals surface area (Å²) >= 11 is 0. The number of carboxylic acid groups (broad SMARTS) is 1. The van der Waals surface area contributed by atoms with E-state index in [1.54, 1.807) is 0 Å². The molecule has 6 unspecified atom stereocenters. The van der Waals surface area contributed by atoms with E-state index in [1.807, 2.05) is 0 Å². The van der Waals surface area contributed by atoms with Crippen molar-refractivity contribution >= 4 is 13.1 Å². The summed E-state index contributed by atoms with van der Waals surface area (Å²) < 4.78 is 0. The average molecular weight is 351 g/mol. The first-order chi connectivity index (χ1) is 12.0. The van der Waals surface area contributed by atoms with Crippen molar-refractivity contribution < 1.29 is 19.9 Å². The van der Waals surface area contributed by atoms with Gasteiger partial charge in [-0.15, -0.1) is 0 Å². The topological polar surface area (TPSA) is 81.0 Å². The fourth-order valence-corrected chi connectivity index (χ4v) is 6.18. The normalized spacial score (nSPS) is 39.0. The lowest BCUT2D eigenvalue weighted by Crippen LogP contribution is -2.50. The highest BCUT2D eigenvalue weighted by Crippen LogP contribution is 2.46. The predicted octanol–water partition coefficient (Wildman–Crippen LogP) is 2.62. The van der Waals surface area contributed by atoms with Gasteiger partial charge in [0.1, 0.15) is 0 Å². The molecular weight excluding hydrogens is 317 g/mol. The molecule has 6 heteroatoms. The third-order valence-corrected chi connectivity index (χ3v) is 7.41. The molecule has 0 heterocycles. The molecule has 3 fully saturated rings. The first-order valence-corrected chi connectivity index (χ1v) is 10.3. The molecular formula is C19H34BNO4. The molecule has 0 aromatic rings. The SMILES string of the molecule is CN(CC1CCCCC1B(O)O)C1CCCC2C(C(=O)O)CCCC21. The van der Waals surface area contributed by atoms with Gasteiger partial charge in [-0.1, -0.05) is 32.1 Å². The molecule has 3 aliphatic carbocycles. The number of fused-ring (bicyclic) bond motifs is 1. The van der Waals surface area contributed by atoms with Crippen LogP contribution in [0.5, 0.6) is 0 Å². The molecule has 25 heavy (non-hydrogen) atoms. The van der Waals surface area contributed by atoms with E-state index in [0.717, 1.165) is 64.3 Å². The van der Waals surface area contributed by atoms with Crippen molar-refractivity contribution in [2.24, 2.45) is 23.7 Å². The molecule has 0 radical (unpaired) electrons. The number of nitrogens with zero attached hydrogens (tertiary/aromatic N) is 1. The van der Waals surface area contributed by atoms with Crippen molar-refractivity contribution in [3.63, 3.8) is 0 Å². The van der Waals surface area contributed by atoms with Crippen molar-refractivity contribution in [1.82, 2.24) is 4.90 Å². The highest BCUT2D eigenvalue weighted by molar-refractivity contribution is 6.43. The van der Waals surface area contributed by atoms with Crippen molar-refractivity contribution in [1.29, 1.82) is 0 Å². The van der Waals surface area contributed by atoms with Gasteiger partial charge in [-0.05, 0) is 62.7 Å². The summed E-state index contributed by atoms with van der Waals surface area (Å²) in [5.74, 6) is 0.407. The molecule has 0 spiro atoms. The number of carboxylic acids is 1. The third-order valence-electron chi connectivity index (χ3n) is 7.41. The number of hydrogen-bond donors (Lipinski definition) is 3. The van der Waals surface area contributed by atoms with Crippen molar-refractivity contribution in [2.75, 3.05) is 13.6 Å². The number of rotatable bonds is 5. The van der Waals surface area contributed by atoms with Crippen LogP contribution in [0, 0.1) is 23.7 Å². The van der Waals surface area contributed by atoms with Gasteiger partial charge in [-0.3, -0.25) is 4.79 Å². The Hall–Kier alpha value is -0.585. The van der Waals surface area contributed by atoms with Gasteiger partial charge in [-0.2, -0.15) is 0 Å². The van der Waals surface area contributed by atoms with Gasteiger partial charge in [0, 0.05) is 12.6 Å². The Labute approximate surface area is 151 Å². The molecule has 0 aromatic heterocycles. The molecule has 5 nitrogen and oxygen atoms in total. The molecule has 0 bridgehead atoms. The second-order valence-corrected chi connectivity index (χ2v) is 8.76. The van der Waals surface area contributed by atoms with Gasteiger partial charge >= 0.3 is 13.1 Å². The van der Waals surface area contributed by atoms with Crippen LogP contribution in [-0.2, 0) is 4.79 Å². The van der Waals surface area contributed by atoms with Gasteiger partial charge in [0.15, 0.2) is 0 Å². The summed E-state index contributed by atoms with van der Waals surface area (Å²) in [6.45, 7) is 0.911. The zero-order chi connectivity index (χ0) is 18.0. The van der Waals surface area contributed by atoms with Crippen LogP contribution < -0.4 is 0 Å². The number of aliphatic carboxylic acids is 1. The summed E-state index contributed by atoms with van der Waals surface area (Å²) in [4.78, 5) is 14.1. The Balaban J connectivity index is 1.66. The maximum absolute atomic E-state index is 11.7. The third kappa shape index (κ3) is 4.22. The first-order valence-electron chi connectivity index (χ1n) is 10.3. The smallest absolute Gasteiger partial charge is 0.455 e. The molecule has 3 saturated carbocycles. The molecule has 0 aliphatic heterocycles. The van der Waals surface area contributed by atoms with Gasteiger partial charge in [0.25, 0.3) is 0 Å². The second-order valence-electron chi connectivity index (χ2n) is 8.76. The molecule has 142 valence electrons. The Morgan fingerprint density at radius 2 is 1.64 bits per heavy atom. The first kappa shape index (κ1) is 19.2. The fourth-order valence-electron chi connectivity index (χ4n) is 6.18. The lowest BCUT2D eigenvalue weighted by atomic mass is 9.59. The van der Waals surface area contributed by atoms with E-state index in [-0.39, 0.29) is 11.7 Å². The molecule has 0 aromatic carbocycles. The van der Waals surface area contributed by atoms with Crippen molar-refractivity contribution in [2.45, 2.75) is 76.1 Å². The lowest BCUT2D eigenvalue weighted by molar-refractivity contribution is -0.148. The van der Waals surface area contributed by atoms with Crippen LogP contribution in [0.15, 0.2) is 0 Å². The highest BCUT2D eigenvalue weighted by atomic mass is 16.4. The van der Waals surface area contributed by atoms with Crippen LogP contribution in [0.1, 0.15) is 64.2 Å². The highest BCUT2D eigenvalue weighted by Gasteiger charge is 2.44. The van der Waals surface area contributed by atoms with Crippen molar-refractivity contribution in [3.8, 4) is 0 Å². The number of carbonyl (C=O) groups is 1. The van der Waals surface area contributed by atoms with E-state index in [9.17, 15) is 19.9 Å². The fraction of sp³-hybridized carbons (Fsp3) is 0.947. The van der Waals surface area contributed by atoms with E-state index in [0.29, 0.717) is 23.8 Å². The van der Waals surface area contributed by atoms with Gasteiger partial charge < -0.3 is 20.1 Å².